The lowest BCUT2D eigenvalue weighted by molar-refractivity contribution is 0.660. The summed E-state index contributed by atoms with van der Waals surface area (Å²) in [4.78, 5) is 3.74. The largest absolute Gasteiger partial charge is 0.310 e. The van der Waals surface area contributed by atoms with Crippen molar-refractivity contribution < 1.29 is 4.21 Å². The Bertz CT molecular complexity index is 2580. The van der Waals surface area contributed by atoms with Crippen LogP contribution < -0.4 is 4.90 Å². The summed E-state index contributed by atoms with van der Waals surface area (Å²) in [6, 6.07) is 60.9. The molecule has 0 saturated heterocycles. The van der Waals surface area contributed by atoms with Crippen LogP contribution >= 0.6 is 0 Å². The fourth-order valence-electron chi connectivity index (χ4n) is 7.62. The molecular weight excluding hydrogens is 641 g/mol. The molecule has 0 radical (unpaired) electrons. The average Bonchev–Trinajstić information content (AvgIpc) is 3.41. The fourth-order valence-corrected chi connectivity index (χ4v) is 9.79. The van der Waals surface area contributed by atoms with Gasteiger partial charge in [0.05, 0.1) is 15.5 Å². The third-order valence-electron chi connectivity index (χ3n) is 10.3. The van der Waals surface area contributed by atoms with E-state index in [1.807, 2.05) is 66.7 Å². The van der Waals surface area contributed by atoms with Crippen LogP contribution in [0.1, 0.15) is 36.1 Å². The fraction of sp³-hybridized carbons (Fsp3) is 0.0638. The highest BCUT2D eigenvalue weighted by Crippen LogP contribution is 2.51. The second-order valence-electron chi connectivity index (χ2n) is 13.7. The molecule has 1 aliphatic heterocycles. The van der Waals surface area contributed by atoms with Crippen molar-refractivity contribution in [1.82, 2.24) is 0 Å². The van der Waals surface area contributed by atoms with Gasteiger partial charge in [0.2, 0.25) is 0 Å². The van der Waals surface area contributed by atoms with E-state index in [2.05, 4.69) is 134 Å². The predicted molar refractivity (Wildman–Crippen MR) is 213 cm³/mol. The van der Waals surface area contributed by atoms with Crippen molar-refractivity contribution in [2.24, 2.45) is 4.36 Å². The summed E-state index contributed by atoms with van der Waals surface area (Å²) >= 11 is 0. The molecule has 1 heterocycles. The van der Waals surface area contributed by atoms with E-state index in [9.17, 15) is 4.21 Å². The number of hydrogen-bond acceptors (Lipinski definition) is 3. The molecule has 3 nitrogen and oxygen atoms in total. The lowest BCUT2D eigenvalue weighted by Crippen LogP contribution is -2.16. The molecule has 7 aromatic rings. The number of benzene rings is 7. The molecular formula is C47H36N2OS. The van der Waals surface area contributed by atoms with Crippen molar-refractivity contribution in [3.8, 4) is 22.3 Å². The van der Waals surface area contributed by atoms with Gasteiger partial charge in [-0.25, -0.2) is 4.21 Å². The van der Waals surface area contributed by atoms with Crippen molar-refractivity contribution in [2.45, 2.75) is 24.2 Å². The van der Waals surface area contributed by atoms with Crippen molar-refractivity contribution in [3.63, 3.8) is 0 Å². The van der Waals surface area contributed by atoms with Crippen LogP contribution in [0.2, 0.25) is 0 Å². The van der Waals surface area contributed by atoms with Gasteiger partial charge in [-0.2, -0.15) is 4.36 Å². The summed E-state index contributed by atoms with van der Waals surface area (Å²) in [5.74, 6) is 0. The van der Waals surface area contributed by atoms with Gasteiger partial charge in [-0.15, -0.1) is 0 Å². The molecule has 1 atom stereocenters. The lowest BCUT2D eigenvalue weighted by atomic mass is 9.82. The summed E-state index contributed by atoms with van der Waals surface area (Å²) in [6.07, 6.45) is 2.05. The van der Waals surface area contributed by atoms with E-state index in [4.69, 9.17) is 4.36 Å². The summed E-state index contributed by atoms with van der Waals surface area (Å²) in [5.41, 5.74) is 13.3. The monoisotopic (exact) mass is 676 g/mol. The zero-order valence-electron chi connectivity index (χ0n) is 28.5. The Kier molecular flexibility index (Phi) is 7.37. The van der Waals surface area contributed by atoms with Crippen LogP contribution in [-0.2, 0) is 15.1 Å². The summed E-state index contributed by atoms with van der Waals surface area (Å²) in [7, 11) is -2.92. The van der Waals surface area contributed by atoms with Crippen molar-refractivity contribution >= 4 is 43.5 Å². The molecule has 1 aliphatic carbocycles. The predicted octanol–water partition coefficient (Wildman–Crippen LogP) is 12.8. The van der Waals surface area contributed by atoms with Gasteiger partial charge in [-0.05, 0) is 99.6 Å². The number of hydrogen-bond donors (Lipinski definition) is 0. The smallest absolute Gasteiger partial charge is 0.109 e. The van der Waals surface area contributed by atoms with Gasteiger partial charge in [-0.1, -0.05) is 135 Å². The van der Waals surface area contributed by atoms with Gasteiger partial charge >= 0.3 is 0 Å². The Balaban J connectivity index is 1.17. The van der Waals surface area contributed by atoms with E-state index in [0.29, 0.717) is 4.90 Å². The van der Waals surface area contributed by atoms with Crippen LogP contribution in [0.25, 0.3) is 33.2 Å². The molecule has 51 heavy (non-hydrogen) atoms. The molecule has 0 N–H and O–H groups in total. The molecule has 0 spiro atoms. The Morgan fingerprint density at radius 3 is 1.78 bits per heavy atom. The molecule has 0 saturated carbocycles. The third-order valence-corrected chi connectivity index (χ3v) is 12.6. The minimum absolute atomic E-state index is 0.125. The van der Waals surface area contributed by atoms with E-state index in [1.54, 1.807) is 0 Å². The standard InChI is InChI=1S/C47H36N2OS/c1-47(2)43-19-11-10-18-41(43)42-30-29-39(32-44(42)47)49(37-25-21-34(22-26-37)33-13-5-3-6-14-33)38-27-23-35(24-28-38)46-31-36-15-9-12-20-45(36)48-51(46,50)40-16-7-4-8-17-40/h3-32H,1-2H3. The molecule has 1 unspecified atom stereocenters. The maximum atomic E-state index is 14.9. The molecule has 0 fully saturated rings. The minimum atomic E-state index is -2.92. The number of anilines is 3. The first-order valence-electron chi connectivity index (χ1n) is 17.3. The highest BCUT2D eigenvalue weighted by molar-refractivity contribution is 8.03. The van der Waals surface area contributed by atoms with E-state index < -0.39 is 9.73 Å². The first kappa shape index (κ1) is 31.0. The lowest BCUT2D eigenvalue weighted by Gasteiger charge is -2.28. The summed E-state index contributed by atoms with van der Waals surface area (Å²) < 4.78 is 19.8. The second-order valence-corrected chi connectivity index (χ2v) is 15.8. The maximum absolute atomic E-state index is 14.9. The van der Waals surface area contributed by atoms with Crippen LogP contribution in [-0.4, -0.2) is 4.21 Å². The first-order valence-corrected chi connectivity index (χ1v) is 18.9. The van der Waals surface area contributed by atoms with Crippen LogP contribution in [0.4, 0.5) is 22.7 Å². The summed E-state index contributed by atoms with van der Waals surface area (Å²) in [5, 5.41) is 0. The molecule has 9 rings (SSSR count). The van der Waals surface area contributed by atoms with Crippen LogP contribution in [0.15, 0.2) is 185 Å². The Hall–Kier alpha value is -5.97. The second kappa shape index (κ2) is 12.1. The third kappa shape index (κ3) is 5.22. The highest BCUT2D eigenvalue weighted by atomic mass is 32.2. The van der Waals surface area contributed by atoms with Crippen LogP contribution in [0.5, 0.6) is 0 Å². The van der Waals surface area contributed by atoms with E-state index in [0.717, 1.165) is 38.8 Å². The van der Waals surface area contributed by atoms with Gasteiger partial charge in [0, 0.05) is 28.0 Å². The van der Waals surface area contributed by atoms with Crippen molar-refractivity contribution in [2.75, 3.05) is 4.90 Å². The van der Waals surface area contributed by atoms with E-state index in [1.165, 1.54) is 33.4 Å². The minimum Gasteiger partial charge on any atom is -0.310 e. The first-order chi connectivity index (χ1) is 24.9. The van der Waals surface area contributed by atoms with Gasteiger partial charge in [0.15, 0.2) is 0 Å². The topological polar surface area (TPSA) is 32.7 Å². The number of rotatable bonds is 6. The normalized spacial score (nSPS) is 16.6. The van der Waals surface area contributed by atoms with E-state index >= 15 is 0 Å². The van der Waals surface area contributed by atoms with Crippen LogP contribution in [0.3, 0.4) is 0 Å². The quantitative estimate of drug-likeness (QED) is 0.176. The van der Waals surface area contributed by atoms with Gasteiger partial charge in [0.25, 0.3) is 0 Å². The van der Waals surface area contributed by atoms with Crippen molar-refractivity contribution in [1.29, 1.82) is 0 Å². The molecule has 0 amide bonds. The Morgan fingerprint density at radius 1 is 0.510 bits per heavy atom. The van der Waals surface area contributed by atoms with Crippen LogP contribution in [0, 0.1) is 0 Å². The van der Waals surface area contributed by atoms with Gasteiger partial charge in [-0.3, -0.25) is 0 Å². The summed E-state index contributed by atoms with van der Waals surface area (Å²) in [6.45, 7) is 4.64. The maximum Gasteiger partial charge on any atom is 0.109 e. The molecule has 4 heteroatoms. The number of fused-ring (bicyclic) bond motifs is 4. The average molecular weight is 677 g/mol. The van der Waals surface area contributed by atoms with E-state index in [-0.39, 0.29) is 5.41 Å². The molecule has 2 aliphatic rings. The van der Waals surface area contributed by atoms with Crippen molar-refractivity contribution in [3.05, 3.63) is 198 Å². The zero-order valence-corrected chi connectivity index (χ0v) is 29.3. The Labute approximate surface area is 300 Å². The molecule has 0 bridgehead atoms. The molecule has 0 aromatic heterocycles. The van der Waals surface area contributed by atoms with Gasteiger partial charge in [0.1, 0.15) is 9.73 Å². The van der Waals surface area contributed by atoms with Gasteiger partial charge < -0.3 is 4.90 Å². The zero-order chi connectivity index (χ0) is 34.6. The SMILES string of the molecule is CC1(C)c2ccccc2-c2ccc(N(c3ccc(C4=Cc5ccccc5N=S4(=O)c4ccccc4)cc3)c3ccc(-c4ccccc4)cc3)cc21. The highest BCUT2D eigenvalue weighted by Gasteiger charge is 2.35. The number of nitrogens with zero attached hydrogens (tertiary/aromatic N) is 2. The Morgan fingerprint density at radius 2 is 1.06 bits per heavy atom. The molecule has 7 aromatic carbocycles. The molecule has 246 valence electrons.